The van der Waals surface area contributed by atoms with Crippen LogP contribution >= 0.6 is 34.5 Å². The van der Waals surface area contributed by atoms with Gasteiger partial charge in [-0.2, -0.15) is 0 Å². The lowest BCUT2D eigenvalue weighted by molar-refractivity contribution is -0.111. The van der Waals surface area contributed by atoms with Gasteiger partial charge >= 0.3 is 5.97 Å². The number of carbonyl (C=O) groups excluding carboxylic acids is 2. The molecule has 4 nitrogen and oxygen atoms in total. The summed E-state index contributed by atoms with van der Waals surface area (Å²) >= 11 is 13.4. The molecule has 1 N–H and O–H groups in total. The van der Waals surface area contributed by atoms with Crippen molar-refractivity contribution in [1.29, 1.82) is 0 Å². The predicted molar refractivity (Wildman–Crippen MR) is 132 cm³/mol. The molecule has 0 radical (unpaired) electrons. The number of ether oxygens (including phenoxy) is 1. The third-order valence-electron chi connectivity index (χ3n) is 5.45. The number of esters is 1. The number of nitrogens with one attached hydrogen (secondary N) is 1. The van der Waals surface area contributed by atoms with Gasteiger partial charge in [0.1, 0.15) is 10.6 Å². The molecule has 32 heavy (non-hydrogen) atoms. The van der Waals surface area contributed by atoms with Crippen LogP contribution in [-0.4, -0.2) is 19.0 Å². The van der Waals surface area contributed by atoms with E-state index in [2.05, 4.69) is 17.4 Å². The highest BCUT2D eigenvalue weighted by molar-refractivity contribution is 7.15. The van der Waals surface area contributed by atoms with Crippen LogP contribution in [0.15, 0.2) is 47.9 Å². The van der Waals surface area contributed by atoms with Gasteiger partial charge in [-0.05, 0) is 66.1 Å². The van der Waals surface area contributed by atoms with Gasteiger partial charge in [-0.25, -0.2) is 4.79 Å². The number of thiophene rings is 1. The molecule has 0 bridgehead atoms. The average molecular weight is 486 g/mol. The molecule has 1 aliphatic carbocycles. The van der Waals surface area contributed by atoms with Crippen molar-refractivity contribution in [3.8, 4) is 11.1 Å². The molecule has 7 heteroatoms. The minimum Gasteiger partial charge on any atom is -0.465 e. The first-order chi connectivity index (χ1) is 15.5. The van der Waals surface area contributed by atoms with Crippen molar-refractivity contribution in [1.82, 2.24) is 0 Å². The van der Waals surface area contributed by atoms with Crippen molar-refractivity contribution in [3.05, 3.63) is 80.2 Å². The van der Waals surface area contributed by atoms with E-state index in [9.17, 15) is 9.59 Å². The molecule has 0 fully saturated rings. The zero-order valence-electron chi connectivity index (χ0n) is 17.4. The standard InChI is InChI=1S/C25H21Cl2NO3S/c1-31-25(30)23-20(18-7-6-15-4-2-3-5-17(15)12-18)14-32-24(23)28-22(29)11-9-16-8-10-19(26)13-21(16)27/h6-14H,2-5H2,1H3,(H,28,29)/b11-9+. The smallest absolute Gasteiger partial charge is 0.341 e. The van der Waals surface area contributed by atoms with Crippen LogP contribution in [0.25, 0.3) is 17.2 Å². The lowest BCUT2D eigenvalue weighted by atomic mass is 9.89. The Kier molecular flexibility index (Phi) is 6.99. The minimum atomic E-state index is -0.487. The van der Waals surface area contributed by atoms with Crippen LogP contribution in [0.1, 0.15) is 39.9 Å². The summed E-state index contributed by atoms with van der Waals surface area (Å²) in [4.78, 5) is 25.2. The van der Waals surface area contributed by atoms with Crippen molar-refractivity contribution in [2.24, 2.45) is 0 Å². The first-order valence-electron chi connectivity index (χ1n) is 10.2. The van der Waals surface area contributed by atoms with E-state index < -0.39 is 5.97 Å². The Hall–Kier alpha value is -2.60. The minimum absolute atomic E-state index is 0.361. The van der Waals surface area contributed by atoms with Crippen LogP contribution in [0.2, 0.25) is 10.0 Å². The van der Waals surface area contributed by atoms with Gasteiger partial charge < -0.3 is 10.1 Å². The fourth-order valence-electron chi connectivity index (χ4n) is 3.82. The third-order valence-corrected chi connectivity index (χ3v) is 6.91. The number of benzene rings is 2. The Labute approximate surface area is 200 Å². The second kappa shape index (κ2) is 9.90. The van der Waals surface area contributed by atoms with E-state index in [-0.39, 0.29) is 5.91 Å². The van der Waals surface area contributed by atoms with Crippen molar-refractivity contribution >= 4 is 57.5 Å². The number of hydrogen-bond donors (Lipinski definition) is 1. The number of hydrogen-bond acceptors (Lipinski definition) is 4. The summed E-state index contributed by atoms with van der Waals surface area (Å²) in [5.74, 6) is -0.862. The summed E-state index contributed by atoms with van der Waals surface area (Å²) in [6.07, 6.45) is 7.49. The molecule has 0 atom stereocenters. The summed E-state index contributed by atoms with van der Waals surface area (Å²) in [7, 11) is 1.34. The van der Waals surface area contributed by atoms with Gasteiger partial charge in [0.2, 0.25) is 5.91 Å². The molecule has 0 unspecified atom stereocenters. The summed E-state index contributed by atoms with van der Waals surface area (Å²) in [6, 6.07) is 11.4. The number of methoxy groups -OCH3 is 1. The van der Waals surface area contributed by atoms with Crippen LogP contribution in [0.5, 0.6) is 0 Å². The largest absolute Gasteiger partial charge is 0.465 e. The molecule has 0 aliphatic heterocycles. The van der Waals surface area contributed by atoms with E-state index in [1.165, 1.54) is 48.5 Å². The summed E-state index contributed by atoms with van der Waals surface area (Å²) < 4.78 is 5.02. The molecule has 3 aromatic rings. The maximum absolute atomic E-state index is 12.6. The Morgan fingerprint density at radius 2 is 1.84 bits per heavy atom. The Morgan fingerprint density at radius 3 is 2.59 bits per heavy atom. The second-order valence-electron chi connectivity index (χ2n) is 7.52. The van der Waals surface area contributed by atoms with Crippen LogP contribution in [0.4, 0.5) is 5.00 Å². The summed E-state index contributed by atoms with van der Waals surface area (Å²) in [5, 5.41) is 6.10. The molecule has 1 aromatic heterocycles. The SMILES string of the molecule is COC(=O)c1c(-c2ccc3c(c2)CCCC3)csc1NC(=O)/C=C/c1ccc(Cl)cc1Cl. The molecule has 4 rings (SSSR count). The van der Waals surface area contributed by atoms with Gasteiger partial charge in [-0.3, -0.25) is 4.79 Å². The number of carbonyl (C=O) groups is 2. The van der Waals surface area contributed by atoms with E-state index in [0.717, 1.165) is 24.0 Å². The highest BCUT2D eigenvalue weighted by Gasteiger charge is 2.23. The molecule has 0 saturated carbocycles. The van der Waals surface area contributed by atoms with E-state index in [4.69, 9.17) is 27.9 Å². The van der Waals surface area contributed by atoms with Gasteiger partial charge in [0.25, 0.3) is 0 Å². The van der Waals surface area contributed by atoms with Crippen molar-refractivity contribution < 1.29 is 14.3 Å². The number of fused-ring (bicyclic) bond motifs is 1. The molecule has 1 aliphatic rings. The van der Waals surface area contributed by atoms with Gasteiger partial charge in [-0.15, -0.1) is 11.3 Å². The molecule has 0 saturated heterocycles. The number of rotatable bonds is 5. The van der Waals surface area contributed by atoms with E-state index in [0.29, 0.717) is 26.2 Å². The quantitative estimate of drug-likeness (QED) is 0.311. The molecular formula is C25H21Cl2NO3S. The first kappa shape index (κ1) is 22.6. The maximum Gasteiger partial charge on any atom is 0.341 e. The van der Waals surface area contributed by atoms with Crippen molar-refractivity contribution in [2.75, 3.05) is 12.4 Å². The van der Waals surface area contributed by atoms with Gasteiger partial charge in [-0.1, -0.05) is 47.5 Å². The molecule has 1 amide bonds. The monoisotopic (exact) mass is 485 g/mol. The fourth-order valence-corrected chi connectivity index (χ4v) is 5.26. The Bertz CT molecular complexity index is 1220. The Morgan fingerprint density at radius 1 is 1.06 bits per heavy atom. The lowest BCUT2D eigenvalue weighted by Crippen LogP contribution is -2.11. The van der Waals surface area contributed by atoms with Gasteiger partial charge in [0.05, 0.1) is 7.11 Å². The van der Waals surface area contributed by atoms with Gasteiger partial charge in [0, 0.05) is 27.1 Å². The van der Waals surface area contributed by atoms with Crippen LogP contribution < -0.4 is 5.32 Å². The van der Waals surface area contributed by atoms with Crippen LogP contribution in [-0.2, 0) is 22.4 Å². The van der Waals surface area contributed by atoms with Crippen molar-refractivity contribution in [3.63, 3.8) is 0 Å². The summed E-state index contributed by atoms with van der Waals surface area (Å²) in [5.41, 5.74) is 5.43. The van der Waals surface area contributed by atoms with E-state index in [1.807, 2.05) is 11.4 Å². The lowest BCUT2D eigenvalue weighted by Gasteiger charge is -2.16. The van der Waals surface area contributed by atoms with Crippen molar-refractivity contribution in [2.45, 2.75) is 25.7 Å². The highest BCUT2D eigenvalue weighted by atomic mass is 35.5. The van der Waals surface area contributed by atoms with Crippen LogP contribution in [0.3, 0.4) is 0 Å². The zero-order valence-corrected chi connectivity index (χ0v) is 19.7. The third kappa shape index (κ3) is 4.90. The van der Waals surface area contributed by atoms with E-state index in [1.54, 1.807) is 24.3 Å². The zero-order chi connectivity index (χ0) is 22.7. The number of anilines is 1. The average Bonchev–Trinajstić information content (AvgIpc) is 3.21. The number of amides is 1. The Balaban J connectivity index is 1.61. The van der Waals surface area contributed by atoms with Crippen LogP contribution in [0, 0.1) is 0 Å². The fraction of sp³-hybridized carbons (Fsp3) is 0.200. The molecule has 164 valence electrons. The van der Waals surface area contributed by atoms with E-state index >= 15 is 0 Å². The topological polar surface area (TPSA) is 55.4 Å². The maximum atomic E-state index is 12.6. The second-order valence-corrected chi connectivity index (χ2v) is 9.25. The first-order valence-corrected chi connectivity index (χ1v) is 11.9. The highest BCUT2D eigenvalue weighted by Crippen LogP contribution is 2.37. The molecular weight excluding hydrogens is 465 g/mol. The summed E-state index contributed by atoms with van der Waals surface area (Å²) in [6.45, 7) is 0. The number of aryl methyl sites for hydroxylation is 2. The molecule has 0 spiro atoms. The van der Waals surface area contributed by atoms with Gasteiger partial charge in [0.15, 0.2) is 0 Å². The normalized spacial score (nSPS) is 13.1. The molecule has 2 aromatic carbocycles. The number of halogens is 2. The predicted octanol–water partition coefficient (Wildman–Crippen LogP) is 7.04. The molecule has 1 heterocycles.